The van der Waals surface area contributed by atoms with E-state index in [4.69, 9.17) is 0 Å². The first-order chi connectivity index (χ1) is 16.9. The van der Waals surface area contributed by atoms with E-state index in [1.165, 1.54) is 42.2 Å². The van der Waals surface area contributed by atoms with Crippen LogP contribution in [0.3, 0.4) is 0 Å². The van der Waals surface area contributed by atoms with Crippen LogP contribution in [0.4, 0.5) is 11.5 Å². The number of hydrogen-bond donors (Lipinski definition) is 3. The quantitative estimate of drug-likeness (QED) is 0.283. The van der Waals surface area contributed by atoms with Crippen molar-refractivity contribution >= 4 is 61.3 Å². The zero-order valence-corrected chi connectivity index (χ0v) is 20.0. The number of thioether (sulfide) groups is 1. The van der Waals surface area contributed by atoms with Crippen molar-refractivity contribution < 1.29 is 13.2 Å². The summed E-state index contributed by atoms with van der Waals surface area (Å²) in [6.45, 7) is 1.73. The van der Waals surface area contributed by atoms with E-state index in [1.807, 2.05) is 24.3 Å². The molecular formula is C23H19N7O3S2. The molecule has 0 fully saturated rings. The van der Waals surface area contributed by atoms with Crippen molar-refractivity contribution in [1.82, 2.24) is 25.1 Å². The summed E-state index contributed by atoms with van der Waals surface area (Å²) in [5, 5.41) is 12.0. The second-order valence-corrected chi connectivity index (χ2v) is 10.5. The minimum Gasteiger partial charge on any atom is -0.338 e. The number of sulfonamides is 1. The molecule has 2 aromatic carbocycles. The normalized spacial score (nSPS) is 12.5. The molecule has 1 amide bonds. The number of aromatic amines is 1. The molecule has 10 nitrogen and oxygen atoms in total. The van der Waals surface area contributed by atoms with Crippen LogP contribution in [0.25, 0.3) is 22.1 Å². The third-order valence-electron chi connectivity index (χ3n) is 5.09. The SMILES string of the molecule is CC(Sc1nnc2c(n1)[nH]c1ccccc12)C(=O)Nc1ccc(S(=O)(=O)Nc2ccccn2)cc1. The van der Waals surface area contributed by atoms with Gasteiger partial charge in [0.25, 0.3) is 10.0 Å². The lowest BCUT2D eigenvalue weighted by molar-refractivity contribution is -0.115. The van der Waals surface area contributed by atoms with E-state index < -0.39 is 15.3 Å². The van der Waals surface area contributed by atoms with Gasteiger partial charge < -0.3 is 10.3 Å². The number of aromatic nitrogens is 5. The number of amides is 1. The number of anilines is 2. The average molecular weight is 506 g/mol. The number of pyridine rings is 1. The van der Waals surface area contributed by atoms with Crippen LogP contribution in [0.1, 0.15) is 6.92 Å². The van der Waals surface area contributed by atoms with Gasteiger partial charge in [-0.2, -0.15) is 0 Å². The number of para-hydroxylation sites is 1. The molecule has 3 heterocycles. The highest BCUT2D eigenvalue weighted by atomic mass is 32.2. The topological polar surface area (TPSA) is 143 Å². The molecule has 0 spiro atoms. The van der Waals surface area contributed by atoms with Crippen molar-refractivity contribution in [3.05, 3.63) is 72.9 Å². The molecule has 5 rings (SSSR count). The van der Waals surface area contributed by atoms with Crippen LogP contribution in [0.5, 0.6) is 0 Å². The molecule has 0 aliphatic carbocycles. The maximum Gasteiger partial charge on any atom is 0.263 e. The molecule has 1 unspecified atom stereocenters. The fourth-order valence-electron chi connectivity index (χ4n) is 3.35. The predicted octanol–water partition coefficient (Wildman–Crippen LogP) is 3.82. The van der Waals surface area contributed by atoms with Crippen LogP contribution < -0.4 is 10.0 Å². The molecule has 35 heavy (non-hydrogen) atoms. The lowest BCUT2D eigenvalue weighted by Gasteiger charge is -2.12. The first kappa shape index (κ1) is 22.7. The lowest BCUT2D eigenvalue weighted by Crippen LogP contribution is -2.22. The van der Waals surface area contributed by atoms with Gasteiger partial charge in [-0.25, -0.2) is 18.4 Å². The Labute approximate surface area is 204 Å². The van der Waals surface area contributed by atoms with Crippen molar-refractivity contribution in [1.29, 1.82) is 0 Å². The molecule has 3 N–H and O–H groups in total. The second kappa shape index (κ2) is 9.31. The number of carbonyl (C=O) groups excluding carboxylic acids is 1. The molecule has 0 radical (unpaired) electrons. The number of rotatable bonds is 7. The van der Waals surface area contributed by atoms with Gasteiger partial charge in [0.15, 0.2) is 5.65 Å². The van der Waals surface area contributed by atoms with Crippen LogP contribution >= 0.6 is 11.8 Å². The van der Waals surface area contributed by atoms with Crippen molar-refractivity contribution in [3.63, 3.8) is 0 Å². The van der Waals surface area contributed by atoms with E-state index in [1.54, 1.807) is 25.1 Å². The van der Waals surface area contributed by atoms with Gasteiger partial charge in [0.2, 0.25) is 11.1 Å². The highest BCUT2D eigenvalue weighted by molar-refractivity contribution is 8.00. The number of carbonyl (C=O) groups is 1. The summed E-state index contributed by atoms with van der Waals surface area (Å²) in [6.07, 6.45) is 1.50. The molecule has 0 aliphatic rings. The summed E-state index contributed by atoms with van der Waals surface area (Å²) >= 11 is 1.17. The zero-order valence-electron chi connectivity index (χ0n) is 18.3. The smallest absolute Gasteiger partial charge is 0.263 e. The number of fused-ring (bicyclic) bond motifs is 3. The van der Waals surface area contributed by atoms with Crippen molar-refractivity contribution in [2.24, 2.45) is 0 Å². The third kappa shape index (κ3) is 4.93. The third-order valence-corrected chi connectivity index (χ3v) is 7.41. The standard InChI is InChI=1S/C23H19N7O3S2/c1-14(34-23-27-21-20(28-29-23)17-6-2-3-7-18(17)26-21)22(31)25-15-9-11-16(12-10-15)35(32,33)30-19-8-4-5-13-24-19/h2-14H,1H3,(H,24,30)(H,25,31)(H,26,27,29). The Bertz CT molecular complexity index is 1620. The summed E-state index contributed by atoms with van der Waals surface area (Å²) in [6, 6.07) is 18.5. The Balaban J connectivity index is 1.24. The van der Waals surface area contributed by atoms with Crippen LogP contribution in [0.15, 0.2) is 83.0 Å². The Hall–Kier alpha value is -4.03. The Morgan fingerprint density at radius 3 is 2.54 bits per heavy atom. The average Bonchev–Trinajstić information content (AvgIpc) is 3.22. The van der Waals surface area contributed by atoms with E-state index in [0.29, 0.717) is 22.0 Å². The fourth-order valence-corrected chi connectivity index (χ4v) is 5.07. The lowest BCUT2D eigenvalue weighted by atomic mass is 10.2. The van der Waals surface area contributed by atoms with Crippen LogP contribution in [-0.2, 0) is 14.8 Å². The minimum absolute atomic E-state index is 0.0506. The highest BCUT2D eigenvalue weighted by Gasteiger charge is 2.19. The van der Waals surface area contributed by atoms with Gasteiger partial charge in [0, 0.05) is 22.8 Å². The first-order valence-electron chi connectivity index (χ1n) is 10.5. The van der Waals surface area contributed by atoms with E-state index in [9.17, 15) is 13.2 Å². The molecular weight excluding hydrogens is 486 g/mol. The van der Waals surface area contributed by atoms with E-state index in [0.717, 1.165) is 10.9 Å². The largest absolute Gasteiger partial charge is 0.338 e. The fraction of sp³-hybridized carbons (Fsp3) is 0.0870. The van der Waals surface area contributed by atoms with E-state index >= 15 is 0 Å². The van der Waals surface area contributed by atoms with Gasteiger partial charge in [-0.05, 0) is 49.4 Å². The predicted molar refractivity (Wildman–Crippen MR) is 135 cm³/mol. The van der Waals surface area contributed by atoms with Gasteiger partial charge in [-0.1, -0.05) is 36.0 Å². The maximum absolute atomic E-state index is 12.7. The molecule has 5 aromatic rings. The zero-order chi connectivity index (χ0) is 24.4. The molecule has 0 bridgehead atoms. The Morgan fingerprint density at radius 1 is 1.00 bits per heavy atom. The minimum atomic E-state index is -3.80. The number of nitrogens with zero attached hydrogens (tertiary/aromatic N) is 4. The van der Waals surface area contributed by atoms with Crippen LogP contribution in [0.2, 0.25) is 0 Å². The number of nitrogens with one attached hydrogen (secondary N) is 3. The monoisotopic (exact) mass is 505 g/mol. The number of H-pyrrole nitrogens is 1. The molecule has 0 saturated carbocycles. The molecule has 1 atom stereocenters. The molecule has 12 heteroatoms. The van der Waals surface area contributed by atoms with Crippen LogP contribution in [-0.4, -0.2) is 44.7 Å². The highest BCUT2D eigenvalue weighted by Crippen LogP contribution is 2.26. The van der Waals surface area contributed by atoms with Gasteiger partial charge >= 0.3 is 0 Å². The second-order valence-electron chi connectivity index (χ2n) is 7.56. The summed E-state index contributed by atoms with van der Waals surface area (Å²) in [4.78, 5) is 24.4. The van der Waals surface area contributed by atoms with Crippen molar-refractivity contribution in [3.8, 4) is 0 Å². The van der Waals surface area contributed by atoms with E-state index in [-0.39, 0.29) is 16.6 Å². The van der Waals surface area contributed by atoms with E-state index in [2.05, 4.69) is 35.2 Å². The molecule has 3 aromatic heterocycles. The van der Waals surface area contributed by atoms with Crippen molar-refractivity contribution in [2.75, 3.05) is 10.0 Å². The van der Waals surface area contributed by atoms with Gasteiger partial charge in [-0.15, -0.1) is 10.2 Å². The molecule has 0 saturated heterocycles. The summed E-state index contributed by atoms with van der Waals surface area (Å²) in [5.41, 5.74) is 2.66. The Morgan fingerprint density at radius 2 is 1.77 bits per heavy atom. The van der Waals surface area contributed by atoms with Gasteiger partial charge in [-0.3, -0.25) is 9.52 Å². The summed E-state index contributed by atoms with van der Waals surface area (Å²) in [7, 11) is -3.80. The molecule has 0 aliphatic heterocycles. The Kier molecular flexibility index (Phi) is 6.05. The van der Waals surface area contributed by atoms with Crippen LogP contribution in [0, 0.1) is 0 Å². The summed E-state index contributed by atoms with van der Waals surface area (Å²) in [5.74, 6) is -0.0596. The maximum atomic E-state index is 12.7. The van der Waals surface area contributed by atoms with Gasteiger partial charge in [0.05, 0.1) is 10.1 Å². The number of hydrogen-bond acceptors (Lipinski definition) is 8. The van der Waals surface area contributed by atoms with Crippen molar-refractivity contribution in [2.45, 2.75) is 22.2 Å². The molecule has 176 valence electrons. The van der Waals surface area contributed by atoms with Gasteiger partial charge in [0.1, 0.15) is 11.3 Å². The first-order valence-corrected chi connectivity index (χ1v) is 12.9. The summed E-state index contributed by atoms with van der Waals surface area (Å²) < 4.78 is 27.5. The number of benzene rings is 2.